The summed E-state index contributed by atoms with van der Waals surface area (Å²) in [7, 11) is 0. The summed E-state index contributed by atoms with van der Waals surface area (Å²) in [6.07, 6.45) is 41.7. The van der Waals surface area contributed by atoms with Crippen LogP contribution in [0, 0.1) is 46.3 Å². The Labute approximate surface area is 291 Å². The smallest absolute Gasteiger partial charge is 0.306 e. The van der Waals surface area contributed by atoms with Crippen LogP contribution in [0.25, 0.3) is 0 Å². The topological polar surface area (TPSA) is 26.3 Å². The number of ether oxygens (including phenoxy) is 1. The molecule has 0 bridgehead atoms. The second-order valence-corrected chi connectivity index (χ2v) is 17.3. The highest BCUT2D eigenvalue weighted by molar-refractivity contribution is 5.69. The van der Waals surface area contributed by atoms with Crippen LogP contribution in [0.2, 0.25) is 0 Å². The van der Waals surface area contributed by atoms with Crippen molar-refractivity contribution in [3.63, 3.8) is 0 Å². The second-order valence-electron chi connectivity index (χ2n) is 17.3. The van der Waals surface area contributed by atoms with Crippen LogP contribution < -0.4 is 0 Å². The van der Waals surface area contributed by atoms with Crippen molar-refractivity contribution in [3.8, 4) is 0 Å². The number of allylic oxidation sites excluding steroid dienone is 7. The summed E-state index contributed by atoms with van der Waals surface area (Å²) < 4.78 is 6.12. The Morgan fingerprint density at radius 2 is 1.55 bits per heavy atom. The molecule has 3 fully saturated rings. The molecule has 2 nitrogen and oxygen atoms in total. The maximum atomic E-state index is 12.8. The van der Waals surface area contributed by atoms with E-state index in [9.17, 15) is 4.79 Å². The summed E-state index contributed by atoms with van der Waals surface area (Å²) >= 11 is 0. The third-order valence-corrected chi connectivity index (χ3v) is 13.7. The van der Waals surface area contributed by atoms with E-state index in [0.29, 0.717) is 17.3 Å². The summed E-state index contributed by atoms with van der Waals surface area (Å²) in [5.74, 6) is 5.29. The number of hydrogen-bond acceptors (Lipinski definition) is 2. The molecule has 0 N–H and O–H groups in total. The number of hydrogen-bond donors (Lipinski definition) is 0. The third-order valence-electron chi connectivity index (χ3n) is 13.7. The highest BCUT2D eigenvalue weighted by Crippen LogP contribution is 2.67. The minimum absolute atomic E-state index is 0.0470. The Balaban J connectivity index is 1.13. The second kappa shape index (κ2) is 19.0. The minimum Gasteiger partial charge on any atom is -0.462 e. The van der Waals surface area contributed by atoms with Gasteiger partial charge in [-0.15, -0.1) is 0 Å². The van der Waals surface area contributed by atoms with Crippen molar-refractivity contribution < 1.29 is 9.53 Å². The Kier molecular flexibility index (Phi) is 15.4. The molecule has 0 aromatic heterocycles. The van der Waals surface area contributed by atoms with Crippen LogP contribution in [-0.2, 0) is 9.53 Å². The molecular formula is C45H74O2. The van der Waals surface area contributed by atoms with E-state index in [1.54, 1.807) is 5.57 Å². The number of rotatable bonds is 19. The van der Waals surface area contributed by atoms with Crippen molar-refractivity contribution in [2.75, 3.05) is 0 Å². The monoisotopic (exact) mass is 647 g/mol. The van der Waals surface area contributed by atoms with Crippen LogP contribution in [0.15, 0.2) is 48.1 Å². The Bertz CT molecular complexity index is 1060. The molecule has 0 aliphatic heterocycles. The van der Waals surface area contributed by atoms with Crippen LogP contribution in [0.4, 0.5) is 0 Å². The van der Waals surface area contributed by atoms with Crippen LogP contribution in [0.3, 0.4) is 0 Å². The van der Waals surface area contributed by atoms with Crippen molar-refractivity contribution in [1.82, 2.24) is 0 Å². The first-order valence-electron chi connectivity index (χ1n) is 20.5. The molecule has 2 heteroatoms. The summed E-state index contributed by atoms with van der Waals surface area (Å²) in [5.41, 5.74) is 2.51. The van der Waals surface area contributed by atoms with Gasteiger partial charge >= 0.3 is 5.97 Å². The quantitative estimate of drug-likeness (QED) is 0.0793. The maximum absolute atomic E-state index is 12.8. The Hall–Kier alpha value is -1.57. The van der Waals surface area contributed by atoms with E-state index in [-0.39, 0.29) is 12.1 Å². The van der Waals surface area contributed by atoms with E-state index in [1.165, 1.54) is 89.9 Å². The summed E-state index contributed by atoms with van der Waals surface area (Å²) in [5, 5.41) is 0. The largest absolute Gasteiger partial charge is 0.462 e. The third kappa shape index (κ3) is 10.5. The van der Waals surface area contributed by atoms with Crippen LogP contribution in [0.5, 0.6) is 0 Å². The lowest BCUT2D eigenvalue weighted by atomic mass is 9.47. The number of carbonyl (C=O) groups excluding carboxylic acids is 1. The van der Waals surface area contributed by atoms with Gasteiger partial charge in [-0.3, -0.25) is 4.79 Å². The summed E-state index contributed by atoms with van der Waals surface area (Å²) in [4.78, 5) is 12.8. The molecule has 0 amide bonds. The fourth-order valence-corrected chi connectivity index (χ4v) is 10.9. The van der Waals surface area contributed by atoms with Crippen molar-refractivity contribution in [2.24, 2.45) is 46.3 Å². The van der Waals surface area contributed by atoms with Gasteiger partial charge in [0.05, 0.1) is 0 Å². The first-order chi connectivity index (χ1) is 22.7. The van der Waals surface area contributed by atoms with E-state index in [1.807, 2.05) is 0 Å². The molecule has 0 aromatic rings. The van der Waals surface area contributed by atoms with Crippen LogP contribution in [-0.4, -0.2) is 12.1 Å². The molecule has 3 saturated carbocycles. The molecule has 4 aliphatic rings. The van der Waals surface area contributed by atoms with Crippen molar-refractivity contribution in [3.05, 3.63) is 48.1 Å². The summed E-state index contributed by atoms with van der Waals surface area (Å²) in [6.45, 7) is 14.7. The predicted molar refractivity (Wildman–Crippen MR) is 202 cm³/mol. The molecule has 0 saturated heterocycles. The molecule has 0 aromatic carbocycles. The molecule has 0 radical (unpaired) electrons. The van der Waals surface area contributed by atoms with E-state index < -0.39 is 0 Å². The SMILES string of the molecule is C/C=C/C/C=C/C/C=C/CCCCCCCCC(=O)O[C@H]1CC[C@@]2(C)C(=CC[C@H]3[C@@H]4CC[C@H]([C@H](C)CCCC(C)C)[C@@]4(C)CC[C@@H]32)C1. The van der Waals surface area contributed by atoms with Crippen molar-refractivity contribution in [1.29, 1.82) is 0 Å². The number of unbranched alkanes of at least 4 members (excludes halogenated alkanes) is 6. The number of carbonyl (C=O) groups is 1. The van der Waals surface area contributed by atoms with Gasteiger partial charge in [0.15, 0.2) is 0 Å². The maximum Gasteiger partial charge on any atom is 0.306 e. The van der Waals surface area contributed by atoms with Gasteiger partial charge in [-0.25, -0.2) is 0 Å². The number of fused-ring (bicyclic) bond motifs is 5. The zero-order chi connectivity index (χ0) is 33.7. The molecule has 47 heavy (non-hydrogen) atoms. The zero-order valence-corrected chi connectivity index (χ0v) is 31.7. The van der Waals surface area contributed by atoms with E-state index >= 15 is 0 Å². The molecule has 0 spiro atoms. The van der Waals surface area contributed by atoms with E-state index in [2.05, 4.69) is 84.1 Å². The van der Waals surface area contributed by atoms with Gasteiger partial charge in [0, 0.05) is 12.8 Å². The van der Waals surface area contributed by atoms with E-state index in [0.717, 1.165) is 74.0 Å². The molecule has 4 aliphatic carbocycles. The minimum atomic E-state index is 0.0470. The van der Waals surface area contributed by atoms with Crippen molar-refractivity contribution >= 4 is 5.97 Å². The van der Waals surface area contributed by atoms with Gasteiger partial charge < -0.3 is 4.74 Å². The van der Waals surface area contributed by atoms with Crippen LogP contribution >= 0.6 is 0 Å². The highest BCUT2D eigenvalue weighted by Gasteiger charge is 2.59. The van der Waals surface area contributed by atoms with Gasteiger partial charge in [0.2, 0.25) is 0 Å². The van der Waals surface area contributed by atoms with Gasteiger partial charge in [-0.05, 0) is 130 Å². The van der Waals surface area contributed by atoms with Gasteiger partial charge in [0.25, 0.3) is 0 Å². The Morgan fingerprint density at radius 1 is 0.830 bits per heavy atom. The van der Waals surface area contributed by atoms with Gasteiger partial charge in [-0.1, -0.05) is 128 Å². The highest BCUT2D eigenvalue weighted by atomic mass is 16.5. The molecule has 8 atom stereocenters. The molecule has 4 rings (SSSR count). The summed E-state index contributed by atoms with van der Waals surface area (Å²) in [6, 6.07) is 0. The molecule has 0 heterocycles. The average Bonchev–Trinajstić information content (AvgIpc) is 3.40. The zero-order valence-electron chi connectivity index (χ0n) is 31.7. The van der Waals surface area contributed by atoms with Gasteiger partial charge in [-0.2, -0.15) is 0 Å². The lowest BCUT2D eigenvalue weighted by Gasteiger charge is -2.58. The predicted octanol–water partition coefficient (Wildman–Crippen LogP) is 13.5. The lowest BCUT2D eigenvalue weighted by Crippen LogP contribution is -2.51. The van der Waals surface area contributed by atoms with Crippen molar-refractivity contribution in [2.45, 2.75) is 182 Å². The average molecular weight is 647 g/mol. The Morgan fingerprint density at radius 3 is 2.32 bits per heavy atom. The first-order valence-corrected chi connectivity index (χ1v) is 20.5. The molecule has 266 valence electrons. The molecular weight excluding hydrogens is 572 g/mol. The van der Waals surface area contributed by atoms with E-state index in [4.69, 9.17) is 4.74 Å². The van der Waals surface area contributed by atoms with Crippen LogP contribution in [0.1, 0.15) is 176 Å². The van der Waals surface area contributed by atoms with Gasteiger partial charge in [0.1, 0.15) is 6.10 Å². The number of esters is 1. The fraction of sp³-hybridized carbons (Fsp3) is 0.800. The normalized spacial score (nSPS) is 32.9. The lowest BCUT2D eigenvalue weighted by molar-refractivity contribution is -0.151. The fourth-order valence-electron chi connectivity index (χ4n) is 10.9. The first kappa shape index (κ1) is 38.2. The standard InChI is InChI=1S/C45H74O2/c1-7-8-9-10-11-12-13-14-15-16-17-18-19-20-21-25-43(46)47-38-30-32-44(5)37(34-38)26-27-39-41-29-28-40(36(4)24-22-23-35(2)3)45(41,6)33-31-42(39)44/h7-8,10-11,13-14,26,35-36,38-42H,9,12,15-25,27-34H2,1-6H3/b8-7+,11-10+,14-13+/t36-,38+,39+,40-,41+,42+,44+,45-/m1/s1. The molecule has 0 unspecified atom stereocenters.